The predicted octanol–water partition coefficient (Wildman–Crippen LogP) is 4.11. The van der Waals surface area contributed by atoms with Gasteiger partial charge in [0.2, 0.25) is 0 Å². The maximum atomic E-state index is 12.5. The number of allylic oxidation sites excluding steroid dienone is 4. The van der Waals surface area contributed by atoms with Gasteiger partial charge in [-0.1, -0.05) is 32.4 Å². The Bertz CT molecular complexity index is 717. The molecule has 0 spiro atoms. The third-order valence-electron chi connectivity index (χ3n) is 8.68. The van der Waals surface area contributed by atoms with Crippen molar-refractivity contribution < 1.29 is 14.7 Å². The molecule has 2 fully saturated rings. The van der Waals surface area contributed by atoms with Gasteiger partial charge in [0.1, 0.15) is 6.61 Å². The van der Waals surface area contributed by atoms with Gasteiger partial charge in [-0.25, -0.2) is 0 Å². The highest BCUT2D eigenvalue weighted by atomic mass is 16.3. The standard InChI is InChI=1S/C23H32O3/c1-13-9-16-17(22(3)7-5-15(25)11-18(13)22)6-8-23(4)19(16)10-14(2)21(23)20(26)12-24/h9,11,14,16-17,19,21,24H,5-8,10,12H2,1-4H3/t14?,16-,17+,19+,21-,22-,23+/m1/s1. The monoisotopic (exact) mass is 356 g/mol. The largest absolute Gasteiger partial charge is 0.389 e. The Labute approximate surface area is 156 Å². The summed E-state index contributed by atoms with van der Waals surface area (Å²) in [7, 11) is 0. The van der Waals surface area contributed by atoms with Crippen LogP contribution in [0.1, 0.15) is 59.8 Å². The molecule has 0 aliphatic heterocycles. The zero-order chi connectivity index (χ0) is 18.9. The van der Waals surface area contributed by atoms with Crippen LogP contribution in [-0.4, -0.2) is 23.3 Å². The van der Waals surface area contributed by atoms with Crippen molar-refractivity contribution in [3.05, 3.63) is 23.3 Å². The van der Waals surface area contributed by atoms with Crippen molar-refractivity contribution in [2.45, 2.75) is 59.8 Å². The van der Waals surface area contributed by atoms with Gasteiger partial charge in [0, 0.05) is 12.3 Å². The minimum absolute atomic E-state index is 0.000753. The number of aliphatic hydroxyl groups excluding tert-OH is 1. The predicted molar refractivity (Wildman–Crippen MR) is 101 cm³/mol. The van der Waals surface area contributed by atoms with Crippen LogP contribution in [-0.2, 0) is 9.59 Å². The lowest BCUT2D eigenvalue weighted by Gasteiger charge is -2.56. The van der Waals surface area contributed by atoms with Crippen molar-refractivity contribution in [3.63, 3.8) is 0 Å². The molecule has 0 radical (unpaired) electrons. The van der Waals surface area contributed by atoms with Gasteiger partial charge in [0.25, 0.3) is 0 Å². The number of aliphatic hydroxyl groups is 1. The van der Waals surface area contributed by atoms with Crippen LogP contribution in [0, 0.1) is 40.4 Å². The first-order valence-electron chi connectivity index (χ1n) is 10.3. The van der Waals surface area contributed by atoms with Crippen LogP contribution in [0.5, 0.6) is 0 Å². The molecule has 4 rings (SSSR count). The fraction of sp³-hybridized carbons (Fsp3) is 0.739. The molecule has 2 saturated carbocycles. The first kappa shape index (κ1) is 18.2. The third-order valence-corrected chi connectivity index (χ3v) is 8.68. The van der Waals surface area contributed by atoms with Crippen LogP contribution < -0.4 is 0 Å². The Kier molecular flexibility index (Phi) is 4.11. The van der Waals surface area contributed by atoms with Gasteiger partial charge in [0.05, 0.1) is 0 Å². The molecule has 3 nitrogen and oxygen atoms in total. The molecule has 0 amide bonds. The molecular formula is C23H32O3. The first-order chi connectivity index (χ1) is 12.2. The van der Waals surface area contributed by atoms with Crippen LogP contribution >= 0.6 is 0 Å². The number of carbonyl (C=O) groups is 2. The molecule has 3 heteroatoms. The van der Waals surface area contributed by atoms with E-state index in [1.54, 1.807) is 0 Å². The molecule has 142 valence electrons. The molecule has 0 saturated heterocycles. The van der Waals surface area contributed by atoms with E-state index in [4.69, 9.17) is 0 Å². The number of carbonyl (C=O) groups excluding carboxylic acids is 2. The summed E-state index contributed by atoms with van der Waals surface area (Å²) < 4.78 is 0. The van der Waals surface area contributed by atoms with Crippen molar-refractivity contribution in [2.24, 2.45) is 40.4 Å². The lowest BCUT2D eigenvalue weighted by molar-refractivity contribution is -0.133. The van der Waals surface area contributed by atoms with E-state index < -0.39 is 0 Å². The zero-order valence-corrected chi connectivity index (χ0v) is 16.5. The Morgan fingerprint density at radius 2 is 2.00 bits per heavy atom. The van der Waals surface area contributed by atoms with Gasteiger partial charge in [-0.15, -0.1) is 0 Å². The second-order valence-electron chi connectivity index (χ2n) is 9.94. The summed E-state index contributed by atoms with van der Waals surface area (Å²) in [6, 6.07) is 0. The van der Waals surface area contributed by atoms with E-state index in [9.17, 15) is 14.7 Å². The molecule has 7 atom stereocenters. The number of hydrogen-bond donors (Lipinski definition) is 1. The van der Waals surface area contributed by atoms with Crippen LogP contribution in [0.2, 0.25) is 0 Å². The van der Waals surface area contributed by atoms with Crippen molar-refractivity contribution in [3.8, 4) is 0 Å². The Balaban J connectivity index is 1.77. The van der Waals surface area contributed by atoms with Crippen LogP contribution in [0.4, 0.5) is 0 Å². The average molecular weight is 357 g/mol. The molecule has 0 aromatic heterocycles. The topological polar surface area (TPSA) is 54.4 Å². The normalized spacial score (nSPS) is 47.4. The van der Waals surface area contributed by atoms with Crippen molar-refractivity contribution >= 4 is 11.6 Å². The molecule has 26 heavy (non-hydrogen) atoms. The van der Waals surface area contributed by atoms with Gasteiger partial charge in [-0.2, -0.15) is 0 Å². The molecule has 0 heterocycles. The number of fused-ring (bicyclic) bond motifs is 5. The van der Waals surface area contributed by atoms with E-state index in [0.29, 0.717) is 30.1 Å². The van der Waals surface area contributed by atoms with Gasteiger partial charge in [0.15, 0.2) is 11.6 Å². The summed E-state index contributed by atoms with van der Waals surface area (Å²) in [5.41, 5.74) is 2.64. The maximum Gasteiger partial charge on any atom is 0.162 e. The first-order valence-corrected chi connectivity index (χ1v) is 10.3. The van der Waals surface area contributed by atoms with Crippen molar-refractivity contribution in [1.29, 1.82) is 0 Å². The number of ketones is 2. The minimum atomic E-state index is -0.326. The van der Waals surface area contributed by atoms with E-state index >= 15 is 0 Å². The van der Waals surface area contributed by atoms with Gasteiger partial charge < -0.3 is 5.11 Å². The quantitative estimate of drug-likeness (QED) is 0.810. The highest BCUT2D eigenvalue weighted by Crippen LogP contribution is 2.67. The zero-order valence-electron chi connectivity index (χ0n) is 16.5. The Morgan fingerprint density at radius 3 is 2.69 bits per heavy atom. The second-order valence-corrected chi connectivity index (χ2v) is 9.94. The average Bonchev–Trinajstić information content (AvgIpc) is 2.86. The lowest BCUT2D eigenvalue weighted by Crippen LogP contribution is -2.50. The summed E-state index contributed by atoms with van der Waals surface area (Å²) in [5, 5.41) is 9.51. The van der Waals surface area contributed by atoms with Crippen LogP contribution in [0.25, 0.3) is 0 Å². The number of rotatable bonds is 2. The van der Waals surface area contributed by atoms with Gasteiger partial charge >= 0.3 is 0 Å². The van der Waals surface area contributed by atoms with Crippen molar-refractivity contribution in [2.75, 3.05) is 6.61 Å². The second kappa shape index (κ2) is 5.89. The van der Waals surface area contributed by atoms with Crippen molar-refractivity contribution in [1.82, 2.24) is 0 Å². The molecule has 1 unspecified atom stereocenters. The smallest absolute Gasteiger partial charge is 0.162 e. The highest BCUT2D eigenvalue weighted by molar-refractivity contribution is 5.92. The molecule has 1 N–H and O–H groups in total. The van der Waals surface area contributed by atoms with E-state index in [2.05, 4.69) is 33.8 Å². The van der Waals surface area contributed by atoms with E-state index in [-0.39, 0.29) is 34.9 Å². The van der Waals surface area contributed by atoms with Gasteiger partial charge in [-0.3, -0.25) is 9.59 Å². The summed E-state index contributed by atoms with van der Waals surface area (Å²) in [4.78, 5) is 24.6. The molecule has 0 aromatic rings. The van der Waals surface area contributed by atoms with E-state index in [1.165, 1.54) is 11.1 Å². The molecule has 4 aliphatic rings. The minimum Gasteiger partial charge on any atom is -0.389 e. The summed E-state index contributed by atoms with van der Waals surface area (Å²) in [6.45, 7) is 8.71. The molecule has 4 aliphatic carbocycles. The Hall–Kier alpha value is -1.22. The maximum absolute atomic E-state index is 12.5. The lowest BCUT2D eigenvalue weighted by atomic mass is 9.47. The summed E-state index contributed by atoms with van der Waals surface area (Å²) >= 11 is 0. The third kappa shape index (κ3) is 2.28. The molecule has 0 aromatic carbocycles. The fourth-order valence-electron chi connectivity index (χ4n) is 7.57. The highest BCUT2D eigenvalue weighted by Gasteiger charge is 2.61. The van der Waals surface area contributed by atoms with Crippen LogP contribution in [0.15, 0.2) is 23.3 Å². The molecule has 0 bridgehead atoms. The molecular weight excluding hydrogens is 324 g/mol. The fourth-order valence-corrected chi connectivity index (χ4v) is 7.57. The summed E-state index contributed by atoms with van der Waals surface area (Å²) in [5.74, 6) is 2.20. The van der Waals surface area contributed by atoms with Gasteiger partial charge in [-0.05, 0) is 78.8 Å². The summed E-state index contributed by atoms with van der Waals surface area (Å²) in [6.07, 6.45) is 9.22. The van der Waals surface area contributed by atoms with Crippen LogP contribution in [0.3, 0.4) is 0 Å². The van der Waals surface area contributed by atoms with E-state index in [1.807, 2.05) is 6.08 Å². The van der Waals surface area contributed by atoms with E-state index in [0.717, 1.165) is 25.7 Å². The number of Topliss-reactive ketones (excluding diaryl/α,β-unsaturated/α-hetero) is 1. The number of hydrogen-bond acceptors (Lipinski definition) is 3. The SMILES string of the molecule is CC1=C[C@H]2[C@@H]3CC(C)[C@H](C(=O)CO)[C@@]3(C)CC[C@@H]2[C@@]2(C)CCC(=O)C=C12. The Morgan fingerprint density at radius 1 is 1.27 bits per heavy atom.